The minimum Gasteiger partial charge on any atom is -0.494 e. The first kappa shape index (κ1) is 14.6. The predicted octanol–water partition coefficient (Wildman–Crippen LogP) is 4.44. The van der Waals surface area contributed by atoms with E-state index in [4.69, 9.17) is 21.1 Å². The van der Waals surface area contributed by atoms with Gasteiger partial charge in [-0.1, -0.05) is 25.4 Å². The average molecular weight is 293 g/mol. The van der Waals surface area contributed by atoms with E-state index in [1.807, 2.05) is 45.0 Å². The van der Waals surface area contributed by atoms with Gasteiger partial charge in [0, 0.05) is 0 Å². The monoisotopic (exact) mass is 292 g/mol. The Morgan fingerprint density at radius 1 is 1.10 bits per heavy atom. The highest BCUT2D eigenvalue weighted by atomic mass is 35.5. The molecule has 0 aliphatic carbocycles. The summed E-state index contributed by atoms with van der Waals surface area (Å²) in [5.41, 5.74) is 0.808. The topological polar surface area (TPSA) is 44.2 Å². The van der Waals surface area contributed by atoms with Crippen molar-refractivity contribution in [1.82, 2.24) is 9.97 Å². The Morgan fingerprint density at radius 2 is 1.75 bits per heavy atom. The first-order chi connectivity index (χ1) is 9.61. The number of aromatic nitrogens is 2. The molecule has 0 saturated carbocycles. The van der Waals surface area contributed by atoms with Crippen LogP contribution in [0.3, 0.4) is 0 Å². The quantitative estimate of drug-likeness (QED) is 0.764. The van der Waals surface area contributed by atoms with Gasteiger partial charge < -0.3 is 9.47 Å². The number of ether oxygens (including phenoxy) is 2. The second-order valence-corrected chi connectivity index (χ2v) is 4.90. The van der Waals surface area contributed by atoms with E-state index in [0.29, 0.717) is 23.4 Å². The van der Waals surface area contributed by atoms with E-state index in [9.17, 15) is 0 Å². The first-order valence-electron chi connectivity index (χ1n) is 6.53. The van der Waals surface area contributed by atoms with Gasteiger partial charge in [0.05, 0.1) is 12.2 Å². The lowest BCUT2D eigenvalue weighted by Gasteiger charge is -2.13. The normalized spacial score (nSPS) is 10.7. The molecule has 1 aromatic carbocycles. The van der Waals surface area contributed by atoms with Crippen LogP contribution in [0.25, 0.3) is 0 Å². The van der Waals surface area contributed by atoms with Crippen molar-refractivity contribution >= 4 is 11.6 Å². The Morgan fingerprint density at radius 3 is 2.35 bits per heavy atom. The molecule has 0 aliphatic rings. The number of nitrogens with zero attached hydrogens (tertiary/aromatic N) is 2. The number of hydrogen-bond acceptors (Lipinski definition) is 4. The van der Waals surface area contributed by atoms with Crippen LogP contribution in [0.1, 0.15) is 32.3 Å². The second kappa shape index (κ2) is 6.57. The molecule has 0 spiro atoms. The molecule has 0 amide bonds. The van der Waals surface area contributed by atoms with Crippen LogP contribution >= 0.6 is 11.6 Å². The molecule has 4 nitrogen and oxygen atoms in total. The van der Waals surface area contributed by atoms with Crippen LogP contribution in [0.2, 0.25) is 5.15 Å². The van der Waals surface area contributed by atoms with E-state index < -0.39 is 0 Å². The molecule has 0 bridgehead atoms. The molecular formula is C15H17ClN2O2. The predicted molar refractivity (Wildman–Crippen MR) is 78.8 cm³/mol. The SMILES string of the molecule is CCOc1ccc(Oc2ncnc(Cl)c2C(C)C)cc1. The molecule has 0 aliphatic heterocycles. The Kier molecular flexibility index (Phi) is 4.79. The molecule has 0 fully saturated rings. The first-order valence-corrected chi connectivity index (χ1v) is 6.90. The van der Waals surface area contributed by atoms with Gasteiger partial charge in [-0.25, -0.2) is 9.97 Å². The standard InChI is InChI=1S/C15H17ClN2O2/c1-4-19-11-5-7-12(8-6-11)20-15-13(10(2)3)14(16)17-9-18-15/h5-10H,4H2,1-3H3. The summed E-state index contributed by atoms with van der Waals surface area (Å²) in [5, 5.41) is 0.427. The molecule has 1 aromatic heterocycles. The van der Waals surface area contributed by atoms with Crippen LogP contribution in [0.15, 0.2) is 30.6 Å². The van der Waals surface area contributed by atoms with Crippen molar-refractivity contribution in [3.8, 4) is 17.4 Å². The summed E-state index contributed by atoms with van der Waals surface area (Å²) in [5.74, 6) is 2.17. The van der Waals surface area contributed by atoms with E-state index in [1.54, 1.807) is 0 Å². The minimum atomic E-state index is 0.182. The molecule has 0 unspecified atom stereocenters. The van der Waals surface area contributed by atoms with Gasteiger partial charge >= 0.3 is 0 Å². The van der Waals surface area contributed by atoms with Gasteiger partial charge in [0.1, 0.15) is 23.0 Å². The average Bonchev–Trinajstić information content (AvgIpc) is 2.41. The fourth-order valence-electron chi connectivity index (χ4n) is 1.81. The molecule has 5 heteroatoms. The van der Waals surface area contributed by atoms with Crippen molar-refractivity contribution in [1.29, 1.82) is 0 Å². The maximum atomic E-state index is 6.11. The summed E-state index contributed by atoms with van der Waals surface area (Å²) in [6.45, 7) is 6.63. The van der Waals surface area contributed by atoms with Crippen molar-refractivity contribution in [3.63, 3.8) is 0 Å². The fourth-order valence-corrected chi connectivity index (χ4v) is 2.15. The molecule has 20 heavy (non-hydrogen) atoms. The van der Waals surface area contributed by atoms with Gasteiger partial charge in [0.25, 0.3) is 0 Å². The van der Waals surface area contributed by atoms with E-state index in [1.165, 1.54) is 6.33 Å². The number of halogens is 1. The van der Waals surface area contributed by atoms with Crippen LogP contribution < -0.4 is 9.47 Å². The van der Waals surface area contributed by atoms with Crippen molar-refractivity contribution < 1.29 is 9.47 Å². The van der Waals surface area contributed by atoms with Crippen molar-refractivity contribution in [3.05, 3.63) is 41.3 Å². The van der Waals surface area contributed by atoms with Gasteiger partial charge in [-0.3, -0.25) is 0 Å². The molecule has 1 heterocycles. The maximum absolute atomic E-state index is 6.11. The highest BCUT2D eigenvalue weighted by molar-refractivity contribution is 6.30. The molecular weight excluding hydrogens is 276 g/mol. The lowest BCUT2D eigenvalue weighted by molar-refractivity contribution is 0.339. The molecule has 0 N–H and O–H groups in total. The second-order valence-electron chi connectivity index (χ2n) is 4.54. The summed E-state index contributed by atoms with van der Waals surface area (Å²) >= 11 is 6.11. The van der Waals surface area contributed by atoms with Gasteiger partial charge in [-0.2, -0.15) is 0 Å². The summed E-state index contributed by atoms with van der Waals surface area (Å²) < 4.78 is 11.2. The van der Waals surface area contributed by atoms with E-state index >= 15 is 0 Å². The van der Waals surface area contributed by atoms with Gasteiger partial charge in [-0.05, 0) is 37.1 Å². The molecule has 106 valence electrons. The van der Waals surface area contributed by atoms with E-state index in [0.717, 1.165) is 11.3 Å². The smallest absolute Gasteiger partial charge is 0.227 e. The van der Waals surface area contributed by atoms with E-state index in [2.05, 4.69) is 9.97 Å². The van der Waals surface area contributed by atoms with Gasteiger partial charge in [0.15, 0.2) is 0 Å². The molecule has 2 aromatic rings. The third-order valence-electron chi connectivity index (χ3n) is 2.73. The highest BCUT2D eigenvalue weighted by Crippen LogP contribution is 2.32. The van der Waals surface area contributed by atoms with Crippen LogP contribution in [0, 0.1) is 0 Å². The fraction of sp³-hybridized carbons (Fsp3) is 0.333. The summed E-state index contributed by atoms with van der Waals surface area (Å²) in [4.78, 5) is 8.16. The zero-order valence-electron chi connectivity index (χ0n) is 11.8. The Bertz CT molecular complexity index is 571. The number of rotatable bonds is 5. The number of hydrogen-bond donors (Lipinski definition) is 0. The van der Waals surface area contributed by atoms with Crippen LogP contribution in [0.4, 0.5) is 0 Å². The Hall–Kier alpha value is -1.81. The third kappa shape index (κ3) is 3.39. The maximum Gasteiger partial charge on any atom is 0.227 e. The third-order valence-corrected chi connectivity index (χ3v) is 3.03. The molecule has 2 rings (SSSR count). The molecule has 0 saturated heterocycles. The highest BCUT2D eigenvalue weighted by Gasteiger charge is 2.15. The van der Waals surface area contributed by atoms with Gasteiger partial charge in [0.2, 0.25) is 5.88 Å². The minimum absolute atomic E-state index is 0.182. The molecule has 0 radical (unpaired) electrons. The Balaban J connectivity index is 2.23. The largest absolute Gasteiger partial charge is 0.494 e. The number of benzene rings is 1. The Labute approximate surface area is 123 Å². The zero-order chi connectivity index (χ0) is 14.5. The lowest BCUT2D eigenvalue weighted by Crippen LogP contribution is -1.99. The van der Waals surface area contributed by atoms with Gasteiger partial charge in [-0.15, -0.1) is 0 Å². The van der Waals surface area contributed by atoms with E-state index in [-0.39, 0.29) is 5.92 Å². The van der Waals surface area contributed by atoms with Crippen molar-refractivity contribution in [2.24, 2.45) is 0 Å². The van der Waals surface area contributed by atoms with Crippen molar-refractivity contribution in [2.45, 2.75) is 26.7 Å². The molecule has 0 atom stereocenters. The van der Waals surface area contributed by atoms with Crippen molar-refractivity contribution in [2.75, 3.05) is 6.61 Å². The van der Waals surface area contributed by atoms with Crippen LogP contribution in [0.5, 0.6) is 17.4 Å². The zero-order valence-corrected chi connectivity index (χ0v) is 12.5. The van der Waals surface area contributed by atoms with Crippen LogP contribution in [-0.2, 0) is 0 Å². The summed E-state index contributed by atoms with van der Waals surface area (Å²) in [6.07, 6.45) is 1.40. The lowest BCUT2D eigenvalue weighted by atomic mass is 10.1. The summed E-state index contributed by atoms with van der Waals surface area (Å²) in [7, 11) is 0. The summed E-state index contributed by atoms with van der Waals surface area (Å²) in [6, 6.07) is 7.39. The van der Waals surface area contributed by atoms with Crippen LogP contribution in [-0.4, -0.2) is 16.6 Å².